The average molecular weight is 359 g/mol. The summed E-state index contributed by atoms with van der Waals surface area (Å²) < 4.78 is 19.3. The molecule has 0 saturated carbocycles. The van der Waals surface area contributed by atoms with Crippen molar-refractivity contribution in [2.45, 2.75) is 19.6 Å². The molecule has 0 aliphatic rings. The molecule has 0 unspecified atom stereocenters. The lowest BCUT2D eigenvalue weighted by atomic mass is 10.1. The van der Waals surface area contributed by atoms with Crippen LogP contribution in [0.2, 0.25) is 5.02 Å². The molecule has 106 valence electrons. The van der Waals surface area contributed by atoms with Gasteiger partial charge in [0.05, 0.1) is 4.47 Å². The van der Waals surface area contributed by atoms with Crippen molar-refractivity contribution in [2.75, 3.05) is 0 Å². The highest BCUT2D eigenvalue weighted by Crippen LogP contribution is 2.28. The van der Waals surface area contributed by atoms with E-state index in [-0.39, 0.29) is 11.9 Å². The molecule has 0 aromatic heterocycles. The van der Waals surface area contributed by atoms with E-state index in [1.807, 2.05) is 6.92 Å². The van der Waals surface area contributed by atoms with Gasteiger partial charge in [-0.1, -0.05) is 17.7 Å². The third kappa shape index (κ3) is 3.72. The Balaban J connectivity index is 2.16. The van der Waals surface area contributed by atoms with E-state index in [4.69, 9.17) is 22.1 Å². The van der Waals surface area contributed by atoms with Gasteiger partial charge >= 0.3 is 0 Å². The van der Waals surface area contributed by atoms with Gasteiger partial charge in [0.1, 0.15) is 18.2 Å². The van der Waals surface area contributed by atoms with Crippen LogP contribution in [0.3, 0.4) is 0 Å². The maximum absolute atomic E-state index is 13.2. The second-order valence-corrected chi connectivity index (χ2v) is 5.80. The van der Waals surface area contributed by atoms with E-state index in [1.165, 1.54) is 6.07 Å². The number of ether oxygens (including phenoxy) is 1. The van der Waals surface area contributed by atoms with Crippen LogP contribution in [0.1, 0.15) is 24.1 Å². The van der Waals surface area contributed by atoms with Crippen molar-refractivity contribution in [3.63, 3.8) is 0 Å². The van der Waals surface area contributed by atoms with Crippen LogP contribution in [0, 0.1) is 5.82 Å². The van der Waals surface area contributed by atoms with Gasteiger partial charge in [0.2, 0.25) is 0 Å². The second-order valence-electron chi connectivity index (χ2n) is 4.51. The number of hydrogen-bond acceptors (Lipinski definition) is 2. The molecule has 0 fully saturated rings. The second kappa shape index (κ2) is 6.57. The van der Waals surface area contributed by atoms with Gasteiger partial charge in [-0.3, -0.25) is 0 Å². The summed E-state index contributed by atoms with van der Waals surface area (Å²) in [4.78, 5) is 0. The average Bonchev–Trinajstić information content (AvgIpc) is 2.41. The molecule has 1 atom stereocenters. The maximum Gasteiger partial charge on any atom is 0.137 e. The quantitative estimate of drug-likeness (QED) is 0.848. The Labute approximate surface area is 130 Å². The zero-order valence-electron chi connectivity index (χ0n) is 10.9. The Morgan fingerprint density at radius 3 is 2.70 bits per heavy atom. The van der Waals surface area contributed by atoms with E-state index < -0.39 is 0 Å². The smallest absolute Gasteiger partial charge is 0.137 e. The molecule has 0 amide bonds. The van der Waals surface area contributed by atoms with Crippen molar-refractivity contribution >= 4 is 27.5 Å². The van der Waals surface area contributed by atoms with Gasteiger partial charge in [-0.25, -0.2) is 4.39 Å². The molecule has 2 aromatic carbocycles. The van der Waals surface area contributed by atoms with Crippen molar-refractivity contribution in [2.24, 2.45) is 5.73 Å². The summed E-state index contributed by atoms with van der Waals surface area (Å²) >= 11 is 9.11. The molecule has 2 aromatic rings. The van der Waals surface area contributed by atoms with E-state index in [0.29, 0.717) is 21.9 Å². The van der Waals surface area contributed by atoms with Gasteiger partial charge in [-0.2, -0.15) is 0 Å². The number of benzene rings is 2. The van der Waals surface area contributed by atoms with Crippen molar-refractivity contribution in [1.82, 2.24) is 0 Å². The summed E-state index contributed by atoms with van der Waals surface area (Å²) in [5.41, 5.74) is 7.61. The van der Waals surface area contributed by atoms with Crippen molar-refractivity contribution in [1.29, 1.82) is 0 Å². The zero-order chi connectivity index (χ0) is 14.7. The highest BCUT2D eigenvalue weighted by Gasteiger charge is 2.09. The molecule has 2 N–H and O–H groups in total. The predicted molar refractivity (Wildman–Crippen MR) is 82.5 cm³/mol. The lowest BCUT2D eigenvalue weighted by Gasteiger charge is -2.14. The fourth-order valence-electron chi connectivity index (χ4n) is 1.80. The van der Waals surface area contributed by atoms with Crippen molar-refractivity contribution < 1.29 is 9.13 Å². The molecule has 20 heavy (non-hydrogen) atoms. The first-order valence-corrected chi connectivity index (χ1v) is 7.26. The summed E-state index contributed by atoms with van der Waals surface area (Å²) in [6.45, 7) is 2.20. The molecule has 0 aliphatic carbocycles. The summed E-state index contributed by atoms with van der Waals surface area (Å²) in [6.07, 6.45) is 0. The zero-order valence-corrected chi connectivity index (χ0v) is 13.2. The van der Waals surface area contributed by atoms with Crippen LogP contribution in [0.5, 0.6) is 5.75 Å². The Hall–Kier alpha value is -1.10. The molecule has 0 saturated heterocycles. The highest BCUT2D eigenvalue weighted by molar-refractivity contribution is 9.10. The maximum atomic E-state index is 13.2. The van der Waals surface area contributed by atoms with Gasteiger partial charge in [-0.05, 0) is 58.7 Å². The number of hydrogen-bond donors (Lipinski definition) is 1. The molecule has 0 spiro atoms. The lowest BCUT2D eigenvalue weighted by Crippen LogP contribution is -2.08. The highest BCUT2D eigenvalue weighted by atomic mass is 79.9. The lowest BCUT2D eigenvalue weighted by molar-refractivity contribution is 0.301. The normalized spacial score (nSPS) is 12.2. The number of halogens is 3. The van der Waals surface area contributed by atoms with Gasteiger partial charge in [0, 0.05) is 16.6 Å². The number of nitrogens with two attached hydrogens (primary N) is 1. The van der Waals surface area contributed by atoms with E-state index >= 15 is 0 Å². The summed E-state index contributed by atoms with van der Waals surface area (Å²) in [6, 6.07) is 9.93. The third-order valence-corrected chi connectivity index (χ3v) is 3.68. The van der Waals surface area contributed by atoms with Crippen LogP contribution < -0.4 is 10.5 Å². The molecule has 2 nitrogen and oxygen atoms in total. The van der Waals surface area contributed by atoms with Crippen LogP contribution >= 0.6 is 27.5 Å². The van der Waals surface area contributed by atoms with Crippen LogP contribution in [-0.2, 0) is 6.61 Å². The molecule has 0 radical (unpaired) electrons. The van der Waals surface area contributed by atoms with Gasteiger partial charge < -0.3 is 10.5 Å². The summed E-state index contributed by atoms with van der Waals surface area (Å²) in [5.74, 6) is 0.390. The molecule has 0 bridgehead atoms. The predicted octanol–water partition coefficient (Wildman–Crippen LogP) is 4.84. The van der Waals surface area contributed by atoms with E-state index in [0.717, 1.165) is 11.1 Å². The van der Waals surface area contributed by atoms with Crippen LogP contribution in [0.15, 0.2) is 40.9 Å². The fourth-order valence-corrected chi connectivity index (χ4v) is 2.40. The minimum Gasteiger partial charge on any atom is -0.489 e. The Morgan fingerprint density at radius 2 is 2.05 bits per heavy atom. The third-order valence-electron chi connectivity index (χ3n) is 2.84. The standard InChI is InChI=1S/C15H14BrClFNO/c1-9(19)12-7-11(17)3-5-15(12)20-8-10-2-4-14(18)13(16)6-10/h2-7,9H,8,19H2,1H3/t9-/m0/s1. The summed E-state index contributed by atoms with van der Waals surface area (Å²) in [7, 11) is 0. The van der Waals surface area contributed by atoms with Crippen LogP contribution in [0.25, 0.3) is 0 Å². The van der Waals surface area contributed by atoms with Crippen LogP contribution in [-0.4, -0.2) is 0 Å². The largest absolute Gasteiger partial charge is 0.489 e. The number of rotatable bonds is 4. The first-order valence-electron chi connectivity index (χ1n) is 6.09. The van der Waals surface area contributed by atoms with E-state index in [1.54, 1.807) is 30.3 Å². The van der Waals surface area contributed by atoms with Gasteiger partial charge in [0.25, 0.3) is 0 Å². The SMILES string of the molecule is C[C@H](N)c1cc(Cl)ccc1OCc1ccc(F)c(Br)c1. The fraction of sp³-hybridized carbons (Fsp3) is 0.200. The van der Waals surface area contributed by atoms with Gasteiger partial charge in [0.15, 0.2) is 0 Å². The Bertz CT molecular complexity index is 619. The first-order chi connectivity index (χ1) is 9.47. The van der Waals surface area contributed by atoms with Crippen LogP contribution in [0.4, 0.5) is 4.39 Å². The molecule has 5 heteroatoms. The summed E-state index contributed by atoms with van der Waals surface area (Å²) in [5, 5.41) is 0.620. The van der Waals surface area contributed by atoms with Crippen molar-refractivity contribution in [3.05, 3.63) is 62.8 Å². The molecular weight excluding hydrogens is 345 g/mol. The Morgan fingerprint density at radius 1 is 1.30 bits per heavy atom. The monoisotopic (exact) mass is 357 g/mol. The molecule has 0 aliphatic heterocycles. The molecule has 0 heterocycles. The van der Waals surface area contributed by atoms with Crippen molar-refractivity contribution in [3.8, 4) is 5.75 Å². The minimum absolute atomic E-state index is 0.177. The van der Waals surface area contributed by atoms with Gasteiger partial charge in [-0.15, -0.1) is 0 Å². The minimum atomic E-state index is -0.295. The van der Waals surface area contributed by atoms with E-state index in [2.05, 4.69) is 15.9 Å². The Kier molecular flexibility index (Phi) is 5.02. The first kappa shape index (κ1) is 15.3. The van der Waals surface area contributed by atoms with E-state index in [9.17, 15) is 4.39 Å². The topological polar surface area (TPSA) is 35.2 Å². The molecule has 2 rings (SSSR count). The molecular formula is C15H14BrClFNO.